The lowest BCUT2D eigenvalue weighted by atomic mass is 10.1. The van der Waals surface area contributed by atoms with Gasteiger partial charge in [-0.25, -0.2) is 4.98 Å². The summed E-state index contributed by atoms with van der Waals surface area (Å²) in [7, 11) is 0. The summed E-state index contributed by atoms with van der Waals surface area (Å²) in [4.78, 5) is 16.7. The average Bonchev–Trinajstić information content (AvgIpc) is 3.23. The quantitative estimate of drug-likeness (QED) is 0.677. The Kier molecular flexibility index (Phi) is 3.57. The molecule has 2 aromatic carbocycles. The van der Waals surface area contributed by atoms with Crippen LogP contribution in [0.4, 0.5) is 5.69 Å². The van der Waals surface area contributed by atoms with Gasteiger partial charge in [-0.3, -0.25) is 9.36 Å². The van der Waals surface area contributed by atoms with Crippen molar-refractivity contribution in [2.75, 3.05) is 5.73 Å². The Balaban J connectivity index is 1.74. The summed E-state index contributed by atoms with van der Waals surface area (Å²) >= 11 is 3.47. The van der Waals surface area contributed by atoms with Crippen molar-refractivity contribution in [2.24, 2.45) is 0 Å². The molecule has 0 bridgehead atoms. The number of halogens is 1. The molecule has 5 nitrogen and oxygen atoms in total. The Morgan fingerprint density at radius 2 is 2.12 bits per heavy atom. The lowest BCUT2D eigenvalue weighted by Gasteiger charge is -2.10. The van der Waals surface area contributed by atoms with E-state index in [0.29, 0.717) is 11.7 Å². The molecular formula is C18H17BrN4O. The number of anilines is 1. The highest BCUT2D eigenvalue weighted by Gasteiger charge is 2.24. The van der Waals surface area contributed by atoms with Gasteiger partial charge in [0, 0.05) is 21.8 Å². The number of nitrogens with zero attached hydrogens (tertiary/aromatic N) is 2. The summed E-state index contributed by atoms with van der Waals surface area (Å²) < 4.78 is 2.89. The zero-order chi connectivity index (χ0) is 16.8. The fourth-order valence-electron chi connectivity index (χ4n) is 2.86. The van der Waals surface area contributed by atoms with E-state index in [0.717, 1.165) is 45.2 Å². The molecule has 0 atom stereocenters. The Hall–Kier alpha value is -2.34. The third kappa shape index (κ3) is 2.67. The maximum atomic E-state index is 12.3. The van der Waals surface area contributed by atoms with Crippen molar-refractivity contribution in [3.8, 4) is 5.69 Å². The standard InChI is InChI=1S/C18H17BrN4O/c1-10-6-13(4-5-14(10)18(24)22-12-2-3-12)23-9-21-17-15(20)7-11(19)8-16(17)23/h4-9,12H,2-3,20H2,1H3,(H,22,24). The molecule has 1 amide bonds. The van der Waals surface area contributed by atoms with Crippen molar-refractivity contribution in [3.63, 3.8) is 0 Å². The number of nitrogens with two attached hydrogens (primary N) is 1. The Labute approximate surface area is 148 Å². The molecule has 1 aliphatic carbocycles. The molecule has 1 heterocycles. The van der Waals surface area contributed by atoms with E-state index in [4.69, 9.17) is 5.73 Å². The fraction of sp³-hybridized carbons (Fsp3) is 0.222. The van der Waals surface area contributed by atoms with Gasteiger partial charge in [0.1, 0.15) is 11.8 Å². The summed E-state index contributed by atoms with van der Waals surface area (Å²) in [6, 6.07) is 10.00. The molecule has 1 saturated carbocycles. The summed E-state index contributed by atoms with van der Waals surface area (Å²) in [5.41, 5.74) is 11.0. The van der Waals surface area contributed by atoms with Gasteiger partial charge in [-0.1, -0.05) is 15.9 Å². The van der Waals surface area contributed by atoms with Crippen molar-refractivity contribution in [1.82, 2.24) is 14.9 Å². The van der Waals surface area contributed by atoms with Crippen LogP contribution in [0.3, 0.4) is 0 Å². The fourth-order valence-corrected chi connectivity index (χ4v) is 3.32. The predicted molar refractivity (Wildman–Crippen MR) is 98.4 cm³/mol. The van der Waals surface area contributed by atoms with E-state index in [9.17, 15) is 4.79 Å². The van der Waals surface area contributed by atoms with E-state index in [1.165, 1.54) is 0 Å². The molecule has 6 heteroatoms. The van der Waals surface area contributed by atoms with Crippen molar-refractivity contribution in [3.05, 3.63) is 52.3 Å². The first-order valence-electron chi connectivity index (χ1n) is 7.87. The molecule has 3 N–H and O–H groups in total. The molecule has 24 heavy (non-hydrogen) atoms. The Morgan fingerprint density at radius 3 is 2.83 bits per heavy atom. The monoisotopic (exact) mass is 384 g/mol. The first kappa shape index (κ1) is 15.2. The number of hydrogen-bond acceptors (Lipinski definition) is 3. The van der Waals surface area contributed by atoms with Crippen LogP contribution in [-0.4, -0.2) is 21.5 Å². The second-order valence-corrected chi connectivity index (χ2v) is 7.14. The SMILES string of the molecule is Cc1cc(-n2cnc3c(N)cc(Br)cc32)ccc1C(=O)NC1CC1. The van der Waals surface area contributed by atoms with Crippen molar-refractivity contribution >= 4 is 38.6 Å². The normalized spacial score (nSPS) is 14.1. The number of aromatic nitrogens is 2. The van der Waals surface area contributed by atoms with Crippen molar-refractivity contribution < 1.29 is 4.79 Å². The zero-order valence-corrected chi connectivity index (χ0v) is 14.8. The smallest absolute Gasteiger partial charge is 0.251 e. The maximum absolute atomic E-state index is 12.3. The first-order chi connectivity index (χ1) is 11.5. The lowest BCUT2D eigenvalue weighted by Crippen LogP contribution is -2.26. The molecule has 3 aromatic rings. The van der Waals surface area contributed by atoms with Crippen LogP contribution in [0.1, 0.15) is 28.8 Å². The first-order valence-corrected chi connectivity index (χ1v) is 8.66. The minimum atomic E-state index is 0.00373. The second kappa shape index (κ2) is 5.63. The highest BCUT2D eigenvalue weighted by Crippen LogP contribution is 2.28. The molecule has 1 aromatic heterocycles. The van der Waals surface area contributed by atoms with E-state index < -0.39 is 0 Å². The molecule has 0 aliphatic heterocycles. The average molecular weight is 385 g/mol. The predicted octanol–water partition coefficient (Wildman–Crippen LogP) is 3.57. The molecular weight excluding hydrogens is 368 g/mol. The van der Waals surface area contributed by atoms with Crippen LogP contribution in [-0.2, 0) is 0 Å². The molecule has 1 fully saturated rings. The number of nitrogens with one attached hydrogen (secondary N) is 1. The van der Waals surface area contributed by atoms with E-state index in [-0.39, 0.29) is 5.91 Å². The summed E-state index contributed by atoms with van der Waals surface area (Å²) in [5, 5.41) is 3.03. The minimum absolute atomic E-state index is 0.00373. The zero-order valence-electron chi connectivity index (χ0n) is 13.2. The number of hydrogen-bond donors (Lipinski definition) is 2. The maximum Gasteiger partial charge on any atom is 0.251 e. The van der Waals surface area contributed by atoms with Crippen LogP contribution in [0.25, 0.3) is 16.7 Å². The van der Waals surface area contributed by atoms with Crippen LogP contribution in [0.15, 0.2) is 41.1 Å². The van der Waals surface area contributed by atoms with E-state index in [2.05, 4.69) is 26.2 Å². The molecule has 122 valence electrons. The van der Waals surface area contributed by atoms with Gasteiger partial charge in [-0.2, -0.15) is 0 Å². The van der Waals surface area contributed by atoms with Gasteiger partial charge >= 0.3 is 0 Å². The van der Waals surface area contributed by atoms with Gasteiger partial charge in [-0.05, 0) is 55.7 Å². The molecule has 1 aliphatic rings. The van der Waals surface area contributed by atoms with Crippen molar-refractivity contribution in [1.29, 1.82) is 0 Å². The van der Waals surface area contributed by atoms with Crippen LogP contribution in [0.5, 0.6) is 0 Å². The van der Waals surface area contributed by atoms with E-state index in [1.807, 2.05) is 41.8 Å². The molecule has 0 saturated heterocycles. The molecule has 0 unspecified atom stereocenters. The van der Waals surface area contributed by atoms with Crippen molar-refractivity contribution in [2.45, 2.75) is 25.8 Å². The number of aryl methyl sites for hydroxylation is 1. The molecule has 4 rings (SSSR count). The Morgan fingerprint density at radius 1 is 1.33 bits per heavy atom. The number of benzene rings is 2. The number of carbonyl (C=O) groups is 1. The largest absolute Gasteiger partial charge is 0.397 e. The number of imidazole rings is 1. The molecule has 0 spiro atoms. The number of rotatable bonds is 3. The van der Waals surface area contributed by atoms with Crippen LogP contribution < -0.4 is 11.1 Å². The van der Waals surface area contributed by atoms with Gasteiger partial charge in [0.25, 0.3) is 5.91 Å². The van der Waals surface area contributed by atoms with Gasteiger partial charge in [0.2, 0.25) is 0 Å². The second-order valence-electron chi connectivity index (χ2n) is 6.22. The van der Waals surface area contributed by atoms with Crippen LogP contribution >= 0.6 is 15.9 Å². The van der Waals surface area contributed by atoms with E-state index in [1.54, 1.807) is 6.33 Å². The summed E-state index contributed by atoms with van der Waals surface area (Å²) in [6.45, 7) is 1.95. The van der Waals surface area contributed by atoms with Gasteiger partial charge in [0.05, 0.1) is 11.2 Å². The minimum Gasteiger partial charge on any atom is -0.397 e. The van der Waals surface area contributed by atoms with E-state index >= 15 is 0 Å². The third-order valence-corrected chi connectivity index (χ3v) is 4.75. The number of amides is 1. The lowest BCUT2D eigenvalue weighted by molar-refractivity contribution is 0.0950. The van der Waals surface area contributed by atoms with Gasteiger partial charge in [-0.15, -0.1) is 0 Å². The van der Waals surface area contributed by atoms with Gasteiger partial charge in [0.15, 0.2) is 0 Å². The highest BCUT2D eigenvalue weighted by molar-refractivity contribution is 9.10. The van der Waals surface area contributed by atoms with Crippen LogP contribution in [0, 0.1) is 6.92 Å². The number of carbonyl (C=O) groups excluding carboxylic acids is 1. The molecule has 0 radical (unpaired) electrons. The third-order valence-electron chi connectivity index (χ3n) is 4.29. The summed E-state index contributed by atoms with van der Waals surface area (Å²) in [6.07, 6.45) is 3.92. The number of nitrogen functional groups attached to an aromatic ring is 1. The topological polar surface area (TPSA) is 72.9 Å². The summed E-state index contributed by atoms with van der Waals surface area (Å²) in [5.74, 6) is 0.00373. The Bertz CT molecular complexity index is 959. The van der Waals surface area contributed by atoms with Gasteiger partial charge < -0.3 is 11.1 Å². The number of fused-ring (bicyclic) bond motifs is 1. The highest BCUT2D eigenvalue weighted by atomic mass is 79.9. The van der Waals surface area contributed by atoms with Crippen LogP contribution in [0.2, 0.25) is 0 Å².